The van der Waals surface area contributed by atoms with E-state index in [1.807, 2.05) is 49.9 Å². The van der Waals surface area contributed by atoms with Crippen LogP contribution in [0.3, 0.4) is 0 Å². The van der Waals surface area contributed by atoms with Gasteiger partial charge in [0.1, 0.15) is 28.8 Å². The first-order valence-corrected chi connectivity index (χ1v) is 9.96. The van der Waals surface area contributed by atoms with Gasteiger partial charge in [-0.2, -0.15) is 10.4 Å². The molecule has 8 nitrogen and oxygen atoms in total. The molecule has 1 aliphatic rings. The van der Waals surface area contributed by atoms with Crippen LogP contribution in [0.2, 0.25) is 0 Å². The molecule has 0 N–H and O–H groups in total. The molecule has 4 aromatic heterocycles. The maximum absolute atomic E-state index is 9.42. The number of rotatable bonds is 3. The molecule has 1 saturated heterocycles. The average molecular weight is 396 g/mol. The highest BCUT2D eigenvalue weighted by molar-refractivity contribution is 5.81. The molecule has 8 heteroatoms. The minimum atomic E-state index is 0.401. The maximum atomic E-state index is 9.42. The van der Waals surface area contributed by atoms with E-state index in [-0.39, 0.29) is 0 Å². The number of anilines is 1. The first kappa shape index (κ1) is 18.2. The summed E-state index contributed by atoms with van der Waals surface area (Å²) in [5.74, 6) is 2.28. The Morgan fingerprint density at radius 3 is 2.57 bits per heavy atom. The van der Waals surface area contributed by atoms with Gasteiger partial charge in [-0.1, -0.05) is 0 Å². The second-order valence-electron chi connectivity index (χ2n) is 7.47. The molecule has 0 aromatic carbocycles. The van der Waals surface area contributed by atoms with Crippen LogP contribution in [0.15, 0.2) is 49.2 Å². The zero-order chi connectivity index (χ0) is 20.5. The van der Waals surface area contributed by atoms with Crippen LogP contribution in [0.1, 0.15) is 35.8 Å². The van der Waals surface area contributed by atoms with Crippen molar-refractivity contribution in [1.29, 1.82) is 5.26 Å². The van der Waals surface area contributed by atoms with Crippen molar-refractivity contribution in [2.24, 2.45) is 0 Å². The molecule has 4 aromatic rings. The molecule has 148 valence electrons. The van der Waals surface area contributed by atoms with Gasteiger partial charge >= 0.3 is 0 Å². The molecule has 0 radical (unpaired) electrons. The van der Waals surface area contributed by atoms with E-state index in [1.54, 1.807) is 10.7 Å². The third kappa shape index (κ3) is 3.24. The lowest BCUT2D eigenvalue weighted by molar-refractivity contribution is 0.483. The van der Waals surface area contributed by atoms with E-state index in [1.165, 1.54) is 0 Å². The molecular formula is C22H20N8. The van der Waals surface area contributed by atoms with E-state index < -0.39 is 0 Å². The van der Waals surface area contributed by atoms with Gasteiger partial charge in [0.2, 0.25) is 0 Å². The van der Waals surface area contributed by atoms with Gasteiger partial charge in [-0.3, -0.25) is 0 Å². The van der Waals surface area contributed by atoms with Crippen molar-refractivity contribution >= 4 is 11.3 Å². The Balaban J connectivity index is 1.38. The second kappa shape index (κ2) is 7.52. The van der Waals surface area contributed by atoms with Crippen molar-refractivity contribution in [2.75, 3.05) is 18.0 Å². The van der Waals surface area contributed by atoms with Gasteiger partial charge in [0.25, 0.3) is 0 Å². The van der Waals surface area contributed by atoms with Gasteiger partial charge in [-0.25, -0.2) is 24.5 Å². The molecule has 0 amide bonds. The number of aromatic nitrogens is 6. The van der Waals surface area contributed by atoms with E-state index in [9.17, 15) is 5.26 Å². The molecule has 0 aliphatic carbocycles. The summed E-state index contributed by atoms with van der Waals surface area (Å²) < 4.78 is 1.71. The Bertz CT molecular complexity index is 1220. The quantitative estimate of drug-likeness (QED) is 0.525. The van der Waals surface area contributed by atoms with Crippen molar-refractivity contribution in [3.63, 3.8) is 0 Å². The van der Waals surface area contributed by atoms with Crippen molar-refractivity contribution < 1.29 is 0 Å². The Kier molecular flexibility index (Phi) is 4.56. The van der Waals surface area contributed by atoms with Crippen LogP contribution >= 0.6 is 0 Å². The highest BCUT2D eigenvalue weighted by atomic mass is 15.2. The largest absolute Gasteiger partial charge is 0.357 e. The predicted molar refractivity (Wildman–Crippen MR) is 112 cm³/mol. The number of nitrogens with zero attached hydrogens (tertiary/aromatic N) is 8. The smallest absolute Gasteiger partial charge is 0.131 e. The zero-order valence-corrected chi connectivity index (χ0v) is 16.6. The van der Waals surface area contributed by atoms with E-state index in [0.29, 0.717) is 17.0 Å². The summed E-state index contributed by atoms with van der Waals surface area (Å²) in [5.41, 5.74) is 3.65. The number of fused-ring (bicyclic) bond motifs is 1. The van der Waals surface area contributed by atoms with Crippen LogP contribution in [-0.2, 0) is 0 Å². The minimum Gasteiger partial charge on any atom is -0.357 e. The molecular weight excluding hydrogens is 376 g/mol. The van der Waals surface area contributed by atoms with Crippen LogP contribution in [0.25, 0.3) is 16.8 Å². The number of nitriles is 1. The lowest BCUT2D eigenvalue weighted by Crippen LogP contribution is -2.33. The van der Waals surface area contributed by atoms with Gasteiger partial charge in [0, 0.05) is 43.2 Å². The molecule has 0 spiro atoms. The van der Waals surface area contributed by atoms with Crippen LogP contribution in [-0.4, -0.2) is 42.6 Å². The third-order valence-electron chi connectivity index (χ3n) is 5.53. The van der Waals surface area contributed by atoms with Gasteiger partial charge in [0.05, 0.1) is 23.8 Å². The van der Waals surface area contributed by atoms with Gasteiger partial charge in [0.15, 0.2) is 0 Å². The van der Waals surface area contributed by atoms with Crippen molar-refractivity contribution in [2.45, 2.75) is 25.7 Å². The summed E-state index contributed by atoms with van der Waals surface area (Å²) in [4.78, 5) is 20.5. The average Bonchev–Trinajstić information content (AvgIpc) is 3.22. The Labute approximate surface area is 173 Å². The zero-order valence-electron chi connectivity index (χ0n) is 16.6. The molecule has 1 fully saturated rings. The normalized spacial score (nSPS) is 14.7. The summed E-state index contributed by atoms with van der Waals surface area (Å²) in [7, 11) is 0. The van der Waals surface area contributed by atoms with Crippen molar-refractivity contribution in [3.8, 4) is 17.3 Å². The number of pyridine rings is 1. The highest BCUT2D eigenvalue weighted by Gasteiger charge is 2.23. The fourth-order valence-corrected chi connectivity index (χ4v) is 4.02. The molecule has 1 aliphatic heterocycles. The first-order valence-electron chi connectivity index (χ1n) is 9.96. The van der Waals surface area contributed by atoms with Crippen molar-refractivity contribution in [1.82, 2.24) is 29.5 Å². The molecule has 0 bridgehead atoms. The van der Waals surface area contributed by atoms with Gasteiger partial charge in [-0.15, -0.1) is 0 Å². The molecule has 5 rings (SSSR count). The molecule has 5 heterocycles. The summed E-state index contributed by atoms with van der Waals surface area (Å²) in [6.07, 6.45) is 10.9. The monoisotopic (exact) mass is 396 g/mol. The maximum Gasteiger partial charge on any atom is 0.131 e. The summed E-state index contributed by atoms with van der Waals surface area (Å²) in [5, 5.41) is 13.7. The summed E-state index contributed by atoms with van der Waals surface area (Å²) in [6.45, 7) is 3.76. The third-order valence-corrected chi connectivity index (χ3v) is 5.53. The predicted octanol–water partition coefficient (Wildman–Crippen LogP) is 3.15. The summed E-state index contributed by atoms with van der Waals surface area (Å²) >= 11 is 0. The first-order chi connectivity index (χ1) is 14.7. The molecule has 0 saturated carbocycles. The second-order valence-corrected chi connectivity index (χ2v) is 7.47. The van der Waals surface area contributed by atoms with E-state index in [4.69, 9.17) is 4.98 Å². The fourth-order valence-electron chi connectivity index (χ4n) is 4.02. The standard InChI is InChI=1S/C22H20N8/c1-15-14-30-21(18(11-23)13-27-30)20(28-15)17-3-4-19(26-12-17)29-9-5-16(6-10-29)22-24-7-2-8-25-22/h2-4,7-8,12-14,16H,5-6,9-10H2,1H3. The molecule has 0 atom stereocenters. The lowest BCUT2D eigenvalue weighted by atomic mass is 9.96. The van der Waals surface area contributed by atoms with Gasteiger partial charge < -0.3 is 4.90 Å². The van der Waals surface area contributed by atoms with Crippen LogP contribution < -0.4 is 4.90 Å². The fraction of sp³-hybridized carbons (Fsp3) is 0.273. The Morgan fingerprint density at radius 2 is 1.87 bits per heavy atom. The highest BCUT2D eigenvalue weighted by Crippen LogP contribution is 2.29. The SMILES string of the molecule is Cc1cn2ncc(C#N)c2c(-c2ccc(N3CCC(c4ncccn4)CC3)nc2)n1. The minimum absolute atomic E-state index is 0.401. The Hall–Kier alpha value is -3.86. The van der Waals surface area contributed by atoms with Gasteiger partial charge in [-0.05, 0) is 38.0 Å². The number of hydrogen-bond acceptors (Lipinski definition) is 7. The van der Waals surface area contributed by atoms with Crippen molar-refractivity contribution in [3.05, 3.63) is 66.3 Å². The summed E-state index contributed by atoms with van der Waals surface area (Å²) in [6, 6.07) is 8.09. The topological polar surface area (TPSA) is 95.9 Å². The number of hydrogen-bond donors (Lipinski definition) is 0. The number of piperidine rings is 1. The molecule has 0 unspecified atom stereocenters. The van der Waals surface area contributed by atoms with E-state index in [0.717, 1.165) is 54.5 Å². The van der Waals surface area contributed by atoms with Crippen LogP contribution in [0, 0.1) is 18.3 Å². The number of aryl methyl sites for hydroxylation is 1. The van der Waals surface area contributed by atoms with Crippen LogP contribution in [0.4, 0.5) is 5.82 Å². The van der Waals surface area contributed by atoms with Crippen LogP contribution in [0.5, 0.6) is 0 Å². The Morgan fingerprint density at radius 1 is 1.07 bits per heavy atom. The lowest BCUT2D eigenvalue weighted by Gasteiger charge is -2.32. The van der Waals surface area contributed by atoms with E-state index in [2.05, 4.69) is 31.0 Å². The molecule has 30 heavy (non-hydrogen) atoms. The van der Waals surface area contributed by atoms with E-state index >= 15 is 0 Å².